The normalized spacial score (nSPS) is 15.4. The molecule has 1 amide bonds. The number of thioether (sulfide) groups is 1. The van der Waals surface area contributed by atoms with Gasteiger partial charge >= 0.3 is 0 Å². The van der Waals surface area contributed by atoms with E-state index in [1.165, 1.54) is 24.6 Å². The molecule has 0 spiro atoms. The average Bonchev–Trinajstić information content (AvgIpc) is 3.41. The van der Waals surface area contributed by atoms with Gasteiger partial charge in [0.05, 0.1) is 16.7 Å². The first-order valence-electron chi connectivity index (χ1n) is 8.52. The molecule has 1 aromatic heterocycles. The van der Waals surface area contributed by atoms with E-state index in [1.54, 1.807) is 10.6 Å². The zero-order chi connectivity index (χ0) is 17.1. The predicted molar refractivity (Wildman–Crippen MR) is 97.3 cm³/mol. The maximum Gasteiger partial charge on any atom is 0.262 e. The van der Waals surface area contributed by atoms with Crippen molar-refractivity contribution in [2.75, 3.05) is 5.75 Å². The third kappa shape index (κ3) is 3.80. The molecule has 0 radical (unpaired) electrons. The number of para-hydroxylation sites is 1. The van der Waals surface area contributed by atoms with E-state index in [0.29, 0.717) is 28.5 Å². The van der Waals surface area contributed by atoms with Crippen molar-refractivity contribution in [1.82, 2.24) is 14.9 Å². The lowest BCUT2D eigenvalue weighted by Crippen LogP contribution is -2.35. The van der Waals surface area contributed by atoms with E-state index in [1.807, 2.05) is 25.1 Å². The highest BCUT2D eigenvalue weighted by atomic mass is 32.2. The summed E-state index contributed by atoms with van der Waals surface area (Å²) in [6, 6.07) is 7.60. The van der Waals surface area contributed by atoms with Crippen LogP contribution in [-0.2, 0) is 11.3 Å². The van der Waals surface area contributed by atoms with Gasteiger partial charge in [0, 0.05) is 12.6 Å². The van der Waals surface area contributed by atoms with Gasteiger partial charge in [-0.15, -0.1) is 0 Å². The number of rotatable bonds is 7. The van der Waals surface area contributed by atoms with Crippen molar-refractivity contribution in [3.63, 3.8) is 0 Å². The summed E-state index contributed by atoms with van der Waals surface area (Å²) in [4.78, 5) is 29.4. The number of nitrogens with zero attached hydrogens (tertiary/aromatic N) is 2. The summed E-state index contributed by atoms with van der Waals surface area (Å²) in [7, 11) is 0. The van der Waals surface area contributed by atoms with Crippen LogP contribution in [0.4, 0.5) is 0 Å². The Morgan fingerprint density at radius 3 is 2.88 bits per heavy atom. The smallest absolute Gasteiger partial charge is 0.262 e. The van der Waals surface area contributed by atoms with Gasteiger partial charge in [-0.3, -0.25) is 14.2 Å². The first-order chi connectivity index (χ1) is 11.6. The number of benzene rings is 1. The van der Waals surface area contributed by atoms with Gasteiger partial charge in [0.25, 0.3) is 5.56 Å². The Labute approximate surface area is 145 Å². The molecule has 0 unspecified atom stereocenters. The highest BCUT2D eigenvalue weighted by molar-refractivity contribution is 7.99. The second-order valence-electron chi connectivity index (χ2n) is 6.35. The summed E-state index contributed by atoms with van der Waals surface area (Å²) in [6.07, 6.45) is 3.26. The van der Waals surface area contributed by atoms with Crippen LogP contribution in [0.1, 0.15) is 33.1 Å². The van der Waals surface area contributed by atoms with Crippen molar-refractivity contribution >= 4 is 28.6 Å². The second kappa shape index (κ2) is 7.38. The Hall–Kier alpha value is -1.82. The van der Waals surface area contributed by atoms with Crippen LogP contribution in [0, 0.1) is 5.92 Å². The Balaban J connectivity index is 1.78. The van der Waals surface area contributed by atoms with E-state index in [-0.39, 0.29) is 23.3 Å². The van der Waals surface area contributed by atoms with Crippen LogP contribution in [-0.4, -0.2) is 27.3 Å². The Morgan fingerprint density at radius 2 is 2.17 bits per heavy atom. The summed E-state index contributed by atoms with van der Waals surface area (Å²) in [5.74, 6) is 0.923. The maximum atomic E-state index is 12.7. The van der Waals surface area contributed by atoms with Crippen molar-refractivity contribution in [2.45, 2.75) is 50.9 Å². The van der Waals surface area contributed by atoms with Gasteiger partial charge in [-0.2, -0.15) is 0 Å². The quantitative estimate of drug-likeness (QED) is 0.619. The highest BCUT2D eigenvalue weighted by Gasteiger charge is 2.28. The molecule has 24 heavy (non-hydrogen) atoms. The third-order valence-corrected chi connectivity index (χ3v) is 5.30. The van der Waals surface area contributed by atoms with E-state index in [9.17, 15) is 9.59 Å². The van der Waals surface area contributed by atoms with Crippen molar-refractivity contribution < 1.29 is 4.79 Å². The van der Waals surface area contributed by atoms with Crippen LogP contribution in [0.25, 0.3) is 10.9 Å². The maximum absolute atomic E-state index is 12.7. The standard InChI is InChI=1S/C18H23N3O2S/c1-3-10-21-17(23)14-6-4-5-7-15(14)20-18(21)24-11-16(22)19-12(2)13-8-9-13/h4-7,12-13H,3,8-11H2,1-2H3,(H,19,22)/t12-/m0/s1. The molecule has 1 aliphatic rings. The molecule has 1 saturated carbocycles. The van der Waals surface area contributed by atoms with Crippen LogP contribution < -0.4 is 10.9 Å². The summed E-state index contributed by atoms with van der Waals surface area (Å²) in [6.45, 7) is 4.70. The SMILES string of the molecule is CCCn1c(SCC(=O)N[C@@H](C)C2CC2)nc2ccccc2c1=O. The van der Waals surface area contributed by atoms with Gasteiger partial charge in [-0.25, -0.2) is 4.98 Å². The lowest BCUT2D eigenvalue weighted by Gasteiger charge is -2.14. The lowest BCUT2D eigenvalue weighted by atomic mass is 10.2. The summed E-state index contributed by atoms with van der Waals surface area (Å²) in [5.41, 5.74) is 0.654. The number of hydrogen-bond acceptors (Lipinski definition) is 4. The molecular formula is C18H23N3O2S. The molecule has 2 aromatic rings. The number of hydrogen-bond donors (Lipinski definition) is 1. The first kappa shape index (κ1) is 17.0. The first-order valence-corrected chi connectivity index (χ1v) is 9.50. The number of nitrogens with one attached hydrogen (secondary N) is 1. The fourth-order valence-electron chi connectivity index (χ4n) is 2.82. The van der Waals surface area contributed by atoms with Crippen molar-refractivity contribution in [3.8, 4) is 0 Å². The van der Waals surface area contributed by atoms with Crippen LogP contribution in [0.3, 0.4) is 0 Å². The summed E-state index contributed by atoms with van der Waals surface area (Å²) in [5, 5.41) is 4.29. The fraction of sp³-hybridized carbons (Fsp3) is 0.500. The van der Waals surface area contributed by atoms with Gasteiger partial charge in [-0.05, 0) is 44.2 Å². The fourth-order valence-corrected chi connectivity index (χ4v) is 3.65. The van der Waals surface area contributed by atoms with Crippen LogP contribution in [0.15, 0.2) is 34.2 Å². The molecule has 0 bridgehead atoms. The number of carbonyl (C=O) groups excluding carboxylic acids is 1. The molecule has 0 aliphatic heterocycles. The van der Waals surface area contributed by atoms with E-state index in [0.717, 1.165) is 6.42 Å². The molecule has 1 N–H and O–H groups in total. The summed E-state index contributed by atoms with van der Waals surface area (Å²) < 4.78 is 1.69. The largest absolute Gasteiger partial charge is 0.353 e. The molecule has 1 atom stereocenters. The molecule has 0 saturated heterocycles. The van der Waals surface area contributed by atoms with E-state index < -0.39 is 0 Å². The zero-order valence-corrected chi connectivity index (χ0v) is 14.9. The molecule has 1 aliphatic carbocycles. The van der Waals surface area contributed by atoms with Gasteiger partial charge < -0.3 is 5.32 Å². The topological polar surface area (TPSA) is 64.0 Å². The molecule has 1 aromatic carbocycles. The van der Waals surface area contributed by atoms with Crippen LogP contribution in [0.2, 0.25) is 0 Å². The minimum Gasteiger partial charge on any atom is -0.353 e. The molecule has 3 rings (SSSR count). The molecule has 1 heterocycles. The van der Waals surface area contributed by atoms with Gasteiger partial charge in [-0.1, -0.05) is 30.8 Å². The molecule has 128 valence electrons. The van der Waals surface area contributed by atoms with E-state index in [2.05, 4.69) is 17.2 Å². The third-order valence-electron chi connectivity index (χ3n) is 4.32. The highest BCUT2D eigenvalue weighted by Crippen LogP contribution is 2.32. The lowest BCUT2D eigenvalue weighted by molar-refractivity contribution is -0.119. The number of aromatic nitrogens is 2. The van der Waals surface area contributed by atoms with Crippen LogP contribution in [0.5, 0.6) is 0 Å². The molecule has 1 fully saturated rings. The minimum atomic E-state index is -0.0308. The average molecular weight is 345 g/mol. The van der Waals surface area contributed by atoms with Crippen molar-refractivity contribution in [2.24, 2.45) is 5.92 Å². The molecule has 5 nitrogen and oxygen atoms in total. The monoisotopic (exact) mass is 345 g/mol. The number of amides is 1. The Bertz CT molecular complexity index is 798. The molecule has 6 heteroatoms. The Kier molecular flexibility index (Phi) is 5.23. The second-order valence-corrected chi connectivity index (χ2v) is 7.29. The van der Waals surface area contributed by atoms with Gasteiger partial charge in [0.2, 0.25) is 5.91 Å². The number of carbonyl (C=O) groups is 1. The van der Waals surface area contributed by atoms with Gasteiger partial charge in [0.1, 0.15) is 0 Å². The minimum absolute atomic E-state index is 0.00450. The zero-order valence-electron chi connectivity index (χ0n) is 14.1. The molecular weight excluding hydrogens is 322 g/mol. The predicted octanol–water partition coefficient (Wildman–Crippen LogP) is 2.81. The van der Waals surface area contributed by atoms with Crippen molar-refractivity contribution in [1.29, 1.82) is 0 Å². The van der Waals surface area contributed by atoms with Crippen LogP contribution >= 0.6 is 11.8 Å². The van der Waals surface area contributed by atoms with Gasteiger partial charge in [0.15, 0.2) is 5.16 Å². The van der Waals surface area contributed by atoms with Crippen molar-refractivity contribution in [3.05, 3.63) is 34.6 Å². The summed E-state index contributed by atoms with van der Waals surface area (Å²) >= 11 is 1.34. The number of fused-ring (bicyclic) bond motifs is 1. The van der Waals surface area contributed by atoms with E-state index >= 15 is 0 Å². The Morgan fingerprint density at radius 1 is 1.42 bits per heavy atom. The van der Waals surface area contributed by atoms with E-state index in [4.69, 9.17) is 0 Å².